The molecule has 1 aromatic heterocycles. The topological polar surface area (TPSA) is 71.6 Å². The summed E-state index contributed by atoms with van der Waals surface area (Å²) in [6, 6.07) is 7.49. The number of nitrogens with zero attached hydrogens (tertiary/aromatic N) is 1. The van der Waals surface area contributed by atoms with Gasteiger partial charge in [0.25, 0.3) is 0 Å². The number of ketones is 1. The van der Waals surface area contributed by atoms with Gasteiger partial charge in [-0.15, -0.1) is 0 Å². The molecule has 0 amide bonds. The Bertz CT molecular complexity index is 826. The molecule has 2 rings (SSSR count). The number of H-pyrrole nitrogens is 1. The number of Topliss-reactive ketones (excluding diaryl/α,β-unsaturated/α-hetero) is 1. The van der Waals surface area contributed by atoms with Crippen LogP contribution >= 0.6 is 0 Å². The Labute approximate surface area is 160 Å². The van der Waals surface area contributed by atoms with E-state index in [1.165, 1.54) is 7.11 Å². The first kappa shape index (κ1) is 20.7. The predicted molar refractivity (Wildman–Crippen MR) is 105 cm³/mol. The first-order valence-electron chi connectivity index (χ1n) is 8.98. The van der Waals surface area contributed by atoms with Crippen LogP contribution in [-0.2, 0) is 4.74 Å². The van der Waals surface area contributed by atoms with Gasteiger partial charge in [-0.1, -0.05) is 18.2 Å². The molecule has 1 aromatic carbocycles. The van der Waals surface area contributed by atoms with Crippen LogP contribution in [0.3, 0.4) is 0 Å². The maximum Gasteiger partial charge on any atom is 0.339 e. The summed E-state index contributed by atoms with van der Waals surface area (Å²) in [6.07, 6.45) is 0. The molecule has 0 bridgehead atoms. The Kier molecular flexibility index (Phi) is 6.80. The van der Waals surface area contributed by atoms with Crippen molar-refractivity contribution >= 4 is 11.8 Å². The van der Waals surface area contributed by atoms with Crippen LogP contribution in [0.4, 0.5) is 0 Å². The first-order valence-corrected chi connectivity index (χ1v) is 8.98. The van der Waals surface area contributed by atoms with Gasteiger partial charge < -0.3 is 14.5 Å². The van der Waals surface area contributed by atoms with E-state index in [9.17, 15) is 9.59 Å². The molecule has 1 atom stereocenters. The summed E-state index contributed by atoms with van der Waals surface area (Å²) in [5.74, 6) is 0.348. The van der Waals surface area contributed by atoms with Crippen molar-refractivity contribution in [3.05, 3.63) is 52.3 Å². The van der Waals surface area contributed by atoms with Crippen molar-refractivity contribution in [2.45, 2.75) is 33.7 Å². The van der Waals surface area contributed by atoms with Crippen LogP contribution in [0, 0.1) is 20.8 Å². The molecule has 0 aliphatic heterocycles. The largest absolute Gasteiger partial charge is 0.492 e. The number of carbonyl (C=O) groups is 2. The minimum atomic E-state index is -0.437. The second-order valence-corrected chi connectivity index (χ2v) is 6.75. The summed E-state index contributed by atoms with van der Waals surface area (Å²) in [5.41, 5.74) is 3.23. The molecular weight excluding hydrogens is 344 g/mol. The van der Waals surface area contributed by atoms with Crippen molar-refractivity contribution in [2.75, 3.05) is 27.3 Å². The minimum absolute atomic E-state index is 0.0656. The zero-order chi connectivity index (χ0) is 20.1. The van der Waals surface area contributed by atoms with E-state index >= 15 is 0 Å². The Balaban J connectivity index is 2.02. The highest BCUT2D eigenvalue weighted by atomic mass is 16.5. The van der Waals surface area contributed by atoms with Crippen LogP contribution in [0.25, 0.3) is 0 Å². The van der Waals surface area contributed by atoms with Gasteiger partial charge >= 0.3 is 5.97 Å². The van der Waals surface area contributed by atoms with E-state index in [0.717, 1.165) is 11.3 Å². The predicted octanol–water partition coefficient (Wildman–Crippen LogP) is 3.31. The number of aryl methyl sites for hydroxylation is 2. The molecule has 0 saturated carbocycles. The van der Waals surface area contributed by atoms with Gasteiger partial charge in [-0.05, 0) is 51.9 Å². The number of nitrogens with one attached hydrogen (secondary N) is 1. The number of aromatic amines is 1. The number of carbonyl (C=O) groups excluding carboxylic acids is 2. The number of rotatable bonds is 8. The van der Waals surface area contributed by atoms with E-state index in [1.807, 2.05) is 50.1 Å². The molecule has 1 heterocycles. The molecule has 27 heavy (non-hydrogen) atoms. The van der Waals surface area contributed by atoms with Crippen molar-refractivity contribution in [1.82, 2.24) is 9.88 Å². The summed E-state index contributed by atoms with van der Waals surface area (Å²) < 4.78 is 10.6. The number of aromatic nitrogens is 1. The third-order valence-electron chi connectivity index (χ3n) is 4.91. The molecule has 0 spiro atoms. The zero-order valence-electron chi connectivity index (χ0n) is 16.9. The lowest BCUT2D eigenvalue weighted by atomic mass is 10.0. The lowest BCUT2D eigenvalue weighted by Gasteiger charge is -2.23. The Morgan fingerprint density at radius 1 is 1.19 bits per heavy atom. The molecule has 0 aliphatic carbocycles. The number of esters is 1. The summed E-state index contributed by atoms with van der Waals surface area (Å²) in [5, 5.41) is 0. The second kappa shape index (κ2) is 8.86. The molecule has 0 saturated heterocycles. The monoisotopic (exact) mass is 372 g/mol. The van der Waals surface area contributed by atoms with E-state index in [1.54, 1.807) is 13.8 Å². The lowest BCUT2D eigenvalue weighted by molar-refractivity contribution is 0.0599. The zero-order valence-corrected chi connectivity index (χ0v) is 16.9. The van der Waals surface area contributed by atoms with E-state index in [2.05, 4.69) is 4.98 Å². The first-order chi connectivity index (χ1) is 12.8. The average molecular weight is 372 g/mol. The van der Waals surface area contributed by atoms with Crippen LogP contribution < -0.4 is 4.74 Å². The van der Waals surface area contributed by atoms with Gasteiger partial charge in [0, 0.05) is 12.2 Å². The molecule has 6 heteroatoms. The Hall–Kier alpha value is -2.60. The van der Waals surface area contributed by atoms with E-state index in [4.69, 9.17) is 9.47 Å². The van der Waals surface area contributed by atoms with E-state index < -0.39 is 5.97 Å². The van der Waals surface area contributed by atoms with Crippen LogP contribution in [0.1, 0.15) is 44.6 Å². The summed E-state index contributed by atoms with van der Waals surface area (Å²) in [6.45, 7) is 8.46. The van der Waals surface area contributed by atoms with Gasteiger partial charge in [0.15, 0.2) is 5.78 Å². The molecular formula is C21H28N2O4. The van der Waals surface area contributed by atoms with Crippen molar-refractivity contribution in [2.24, 2.45) is 0 Å². The van der Waals surface area contributed by atoms with Crippen molar-refractivity contribution in [3.8, 4) is 5.75 Å². The molecule has 1 N–H and O–H groups in total. The van der Waals surface area contributed by atoms with Gasteiger partial charge in [-0.25, -0.2) is 4.79 Å². The summed E-state index contributed by atoms with van der Waals surface area (Å²) in [4.78, 5) is 29.8. The van der Waals surface area contributed by atoms with Gasteiger partial charge in [0.1, 0.15) is 12.4 Å². The molecule has 2 aromatic rings. The van der Waals surface area contributed by atoms with Crippen LogP contribution in [0.2, 0.25) is 0 Å². The Morgan fingerprint density at radius 2 is 1.85 bits per heavy atom. The number of methoxy groups -OCH3 is 1. The van der Waals surface area contributed by atoms with E-state index in [0.29, 0.717) is 35.7 Å². The third-order valence-corrected chi connectivity index (χ3v) is 4.91. The van der Waals surface area contributed by atoms with Crippen molar-refractivity contribution in [3.63, 3.8) is 0 Å². The highest BCUT2D eigenvalue weighted by Gasteiger charge is 2.27. The number of para-hydroxylation sites is 1. The third kappa shape index (κ3) is 4.57. The van der Waals surface area contributed by atoms with Crippen LogP contribution in [0.15, 0.2) is 24.3 Å². The highest BCUT2D eigenvalue weighted by molar-refractivity contribution is 6.03. The fourth-order valence-corrected chi connectivity index (χ4v) is 3.03. The minimum Gasteiger partial charge on any atom is -0.492 e. The molecule has 146 valence electrons. The van der Waals surface area contributed by atoms with Gasteiger partial charge in [0.05, 0.1) is 24.4 Å². The van der Waals surface area contributed by atoms with Crippen molar-refractivity contribution < 1.29 is 19.1 Å². The molecule has 1 unspecified atom stereocenters. The van der Waals surface area contributed by atoms with Gasteiger partial charge in [-0.3, -0.25) is 9.69 Å². The number of benzene rings is 1. The maximum atomic E-state index is 12.9. The fourth-order valence-electron chi connectivity index (χ4n) is 3.03. The number of hydrogen-bond acceptors (Lipinski definition) is 5. The van der Waals surface area contributed by atoms with Crippen LogP contribution in [-0.4, -0.2) is 55.0 Å². The average Bonchev–Trinajstić information content (AvgIpc) is 2.95. The number of hydrogen-bond donors (Lipinski definition) is 1. The molecule has 6 nitrogen and oxygen atoms in total. The smallest absolute Gasteiger partial charge is 0.339 e. The van der Waals surface area contributed by atoms with Gasteiger partial charge in [0.2, 0.25) is 0 Å². The SMILES string of the molecule is COC(=O)c1c(C)[nH]c(C(=O)C(C)N(C)CCOc2ccccc2C)c1C. The highest BCUT2D eigenvalue weighted by Crippen LogP contribution is 2.21. The van der Waals surface area contributed by atoms with Crippen LogP contribution in [0.5, 0.6) is 5.75 Å². The normalized spacial score (nSPS) is 12.1. The molecule has 0 fully saturated rings. The molecule has 0 radical (unpaired) electrons. The van der Waals surface area contributed by atoms with Gasteiger partial charge in [-0.2, -0.15) is 0 Å². The Morgan fingerprint density at radius 3 is 2.48 bits per heavy atom. The number of ether oxygens (including phenoxy) is 2. The lowest BCUT2D eigenvalue weighted by Crippen LogP contribution is -2.39. The standard InChI is InChI=1S/C21H28N2O4/c1-13-9-7-8-10-17(13)27-12-11-23(5)16(4)20(24)19-14(2)18(15(3)22-19)21(25)26-6/h7-10,16,22H,11-12H2,1-6H3. The van der Waals surface area contributed by atoms with E-state index in [-0.39, 0.29) is 11.8 Å². The second-order valence-electron chi connectivity index (χ2n) is 6.75. The fraction of sp³-hybridized carbons (Fsp3) is 0.429. The molecule has 0 aliphatic rings. The number of likely N-dealkylation sites (N-methyl/N-ethyl adjacent to an activating group) is 1. The van der Waals surface area contributed by atoms with Crippen molar-refractivity contribution in [1.29, 1.82) is 0 Å². The summed E-state index contributed by atoms with van der Waals surface area (Å²) >= 11 is 0. The summed E-state index contributed by atoms with van der Waals surface area (Å²) in [7, 11) is 3.22. The quantitative estimate of drug-likeness (QED) is 0.569. The maximum absolute atomic E-state index is 12.9.